The van der Waals surface area contributed by atoms with Crippen molar-refractivity contribution >= 4 is 21.6 Å². The van der Waals surface area contributed by atoms with Gasteiger partial charge < -0.3 is 10.1 Å². The van der Waals surface area contributed by atoms with Gasteiger partial charge in [-0.1, -0.05) is 12.1 Å². The Morgan fingerprint density at radius 1 is 1.17 bits per heavy atom. The van der Waals surface area contributed by atoms with E-state index in [1.54, 1.807) is 0 Å². The molecule has 0 aromatic heterocycles. The summed E-state index contributed by atoms with van der Waals surface area (Å²) in [7, 11) is -2.57. The fourth-order valence-corrected chi connectivity index (χ4v) is 5.11. The van der Waals surface area contributed by atoms with Gasteiger partial charge in [-0.25, -0.2) is 12.8 Å². The number of rotatable bonds is 5. The molecule has 0 radical (unpaired) electrons. The number of sulfonamides is 1. The van der Waals surface area contributed by atoms with Crippen molar-refractivity contribution in [1.82, 2.24) is 4.31 Å². The molecule has 2 aromatic rings. The van der Waals surface area contributed by atoms with E-state index >= 15 is 0 Å². The monoisotopic (exact) mass is 420 g/mol. The molecule has 1 amide bonds. The first-order chi connectivity index (χ1) is 13.7. The number of ether oxygens (including phenoxy) is 1. The molecule has 1 N–H and O–H groups in total. The fourth-order valence-electron chi connectivity index (χ4n) is 3.47. The number of anilines is 1. The van der Waals surface area contributed by atoms with Crippen molar-refractivity contribution in [2.75, 3.05) is 25.5 Å². The number of nitrogens with one attached hydrogen (secondary N) is 1. The third kappa shape index (κ3) is 4.43. The minimum absolute atomic E-state index is 0.0983. The second kappa shape index (κ2) is 8.51. The van der Waals surface area contributed by atoms with Gasteiger partial charge >= 0.3 is 0 Å². The maximum atomic E-state index is 13.6. The first kappa shape index (κ1) is 21.3. The van der Waals surface area contributed by atoms with E-state index in [1.165, 1.54) is 17.5 Å². The number of carbonyl (C=O) groups is 1. The lowest BCUT2D eigenvalue weighted by Gasteiger charge is -2.31. The normalized spacial score (nSPS) is 15.9. The Bertz CT molecular complexity index is 1020. The van der Waals surface area contributed by atoms with Gasteiger partial charge in [-0.05, 0) is 62.1 Å². The van der Waals surface area contributed by atoms with Crippen molar-refractivity contribution in [2.24, 2.45) is 5.92 Å². The molecule has 29 heavy (non-hydrogen) atoms. The summed E-state index contributed by atoms with van der Waals surface area (Å²) in [5.41, 5.74) is 2.88. The van der Waals surface area contributed by atoms with Crippen LogP contribution in [0.3, 0.4) is 0 Å². The Hall–Kier alpha value is -2.45. The molecule has 1 saturated heterocycles. The van der Waals surface area contributed by atoms with Crippen LogP contribution in [0.1, 0.15) is 24.0 Å². The molecule has 3 rings (SSSR count). The third-order valence-electron chi connectivity index (χ3n) is 5.43. The van der Waals surface area contributed by atoms with E-state index < -0.39 is 15.8 Å². The van der Waals surface area contributed by atoms with Gasteiger partial charge in [0.15, 0.2) is 0 Å². The molecule has 2 aromatic carbocycles. The maximum Gasteiger partial charge on any atom is 0.246 e. The lowest BCUT2D eigenvalue weighted by Crippen LogP contribution is -2.41. The van der Waals surface area contributed by atoms with Crippen LogP contribution in [0, 0.1) is 25.6 Å². The highest BCUT2D eigenvalue weighted by Gasteiger charge is 2.34. The first-order valence-corrected chi connectivity index (χ1v) is 10.9. The van der Waals surface area contributed by atoms with Gasteiger partial charge in [-0.3, -0.25) is 4.79 Å². The van der Waals surface area contributed by atoms with Crippen molar-refractivity contribution < 1.29 is 22.3 Å². The average Bonchev–Trinajstić information content (AvgIpc) is 2.71. The largest absolute Gasteiger partial charge is 0.495 e. The van der Waals surface area contributed by atoms with Crippen LogP contribution >= 0.6 is 0 Å². The van der Waals surface area contributed by atoms with Crippen LogP contribution in [-0.4, -0.2) is 38.8 Å². The van der Waals surface area contributed by atoms with E-state index in [4.69, 9.17) is 4.74 Å². The smallest absolute Gasteiger partial charge is 0.246 e. The van der Waals surface area contributed by atoms with Crippen molar-refractivity contribution in [3.63, 3.8) is 0 Å². The Morgan fingerprint density at radius 2 is 1.86 bits per heavy atom. The topological polar surface area (TPSA) is 75.7 Å². The Balaban J connectivity index is 1.69. The second-order valence-corrected chi connectivity index (χ2v) is 9.12. The van der Waals surface area contributed by atoms with E-state index in [-0.39, 0.29) is 35.6 Å². The van der Waals surface area contributed by atoms with Crippen LogP contribution in [0.2, 0.25) is 0 Å². The van der Waals surface area contributed by atoms with Gasteiger partial charge in [0.05, 0.1) is 7.11 Å². The van der Waals surface area contributed by atoms with Gasteiger partial charge in [0.25, 0.3) is 0 Å². The minimum Gasteiger partial charge on any atom is -0.495 e. The number of methoxy groups -OCH3 is 1. The van der Waals surface area contributed by atoms with Gasteiger partial charge in [0.2, 0.25) is 15.9 Å². The molecule has 0 spiro atoms. The Kier molecular flexibility index (Phi) is 6.24. The number of aryl methyl sites for hydroxylation is 1. The highest BCUT2D eigenvalue weighted by Crippen LogP contribution is 2.31. The molecule has 1 fully saturated rings. The molecule has 0 aliphatic carbocycles. The van der Waals surface area contributed by atoms with Gasteiger partial charge in [0, 0.05) is 24.7 Å². The van der Waals surface area contributed by atoms with Crippen LogP contribution in [0.15, 0.2) is 41.3 Å². The number of carbonyl (C=O) groups excluding carboxylic acids is 1. The first-order valence-electron chi connectivity index (χ1n) is 9.45. The zero-order valence-electron chi connectivity index (χ0n) is 16.7. The molecule has 1 heterocycles. The van der Waals surface area contributed by atoms with E-state index in [1.807, 2.05) is 32.0 Å². The molecule has 6 nitrogen and oxygen atoms in total. The molecule has 0 bridgehead atoms. The van der Waals surface area contributed by atoms with Crippen LogP contribution in [0.25, 0.3) is 0 Å². The summed E-state index contributed by atoms with van der Waals surface area (Å²) >= 11 is 0. The summed E-state index contributed by atoms with van der Waals surface area (Å²) in [6.07, 6.45) is 0.793. The van der Waals surface area contributed by atoms with E-state index in [2.05, 4.69) is 5.32 Å². The van der Waals surface area contributed by atoms with E-state index in [0.717, 1.165) is 28.9 Å². The average molecular weight is 421 g/mol. The minimum atomic E-state index is -3.91. The predicted molar refractivity (Wildman–Crippen MR) is 109 cm³/mol. The number of hydrogen-bond donors (Lipinski definition) is 1. The van der Waals surface area contributed by atoms with Crippen molar-refractivity contribution in [3.8, 4) is 5.75 Å². The number of piperidine rings is 1. The zero-order valence-corrected chi connectivity index (χ0v) is 17.6. The third-order valence-corrected chi connectivity index (χ3v) is 7.35. The molecular formula is C21H25FN2O4S. The van der Waals surface area contributed by atoms with Crippen molar-refractivity contribution in [3.05, 3.63) is 53.3 Å². The maximum absolute atomic E-state index is 13.6. The molecule has 1 aliphatic rings. The fraction of sp³-hybridized carbons (Fsp3) is 0.381. The van der Waals surface area contributed by atoms with Crippen LogP contribution < -0.4 is 10.1 Å². The highest BCUT2D eigenvalue weighted by atomic mass is 32.2. The van der Waals surface area contributed by atoms with Crippen LogP contribution in [0.5, 0.6) is 5.75 Å². The molecule has 0 unspecified atom stereocenters. The quantitative estimate of drug-likeness (QED) is 0.803. The van der Waals surface area contributed by atoms with Crippen LogP contribution in [0.4, 0.5) is 10.1 Å². The van der Waals surface area contributed by atoms with Gasteiger partial charge in [0.1, 0.15) is 16.5 Å². The summed E-state index contributed by atoms with van der Waals surface area (Å²) < 4.78 is 45.9. The molecular weight excluding hydrogens is 395 g/mol. The number of nitrogens with zero attached hydrogens (tertiary/aromatic N) is 1. The molecule has 1 aliphatic heterocycles. The number of hydrogen-bond acceptors (Lipinski definition) is 4. The second-order valence-electron chi connectivity index (χ2n) is 7.21. The lowest BCUT2D eigenvalue weighted by molar-refractivity contribution is -0.120. The SMILES string of the molecule is COc1ccc(F)cc1S(=O)(=O)N1CCC(C(=O)Nc2cccc(C)c2C)CC1. The van der Waals surface area contributed by atoms with Crippen molar-refractivity contribution in [1.29, 1.82) is 0 Å². The highest BCUT2D eigenvalue weighted by molar-refractivity contribution is 7.89. The Labute approximate surface area is 170 Å². The molecule has 156 valence electrons. The lowest BCUT2D eigenvalue weighted by atomic mass is 9.97. The summed E-state index contributed by atoms with van der Waals surface area (Å²) in [6.45, 7) is 4.31. The number of benzene rings is 2. The van der Waals surface area contributed by atoms with Crippen molar-refractivity contribution in [2.45, 2.75) is 31.6 Å². The van der Waals surface area contributed by atoms with E-state index in [9.17, 15) is 17.6 Å². The van der Waals surface area contributed by atoms with E-state index in [0.29, 0.717) is 12.8 Å². The molecule has 0 atom stereocenters. The summed E-state index contributed by atoms with van der Waals surface area (Å²) in [5, 5.41) is 2.96. The molecule has 0 saturated carbocycles. The summed E-state index contributed by atoms with van der Waals surface area (Å²) in [5.74, 6) is -0.941. The number of halogens is 1. The summed E-state index contributed by atoms with van der Waals surface area (Å²) in [6, 6.07) is 9.15. The summed E-state index contributed by atoms with van der Waals surface area (Å²) in [4.78, 5) is 12.5. The van der Waals surface area contributed by atoms with Crippen LogP contribution in [-0.2, 0) is 14.8 Å². The standard InChI is InChI=1S/C21H25FN2O4S/c1-14-5-4-6-18(15(14)2)23-21(25)16-9-11-24(12-10-16)29(26,27)20-13-17(22)7-8-19(20)28-3/h4-8,13,16H,9-12H2,1-3H3,(H,23,25). The van der Waals surface area contributed by atoms with Gasteiger partial charge in [-0.15, -0.1) is 0 Å². The zero-order chi connectivity index (χ0) is 21.2. The predicted octanol–water partition coefficient (Wildman–Crippen LogP) is 3.49. The van der Waals surface area contributed by atoms with Gasteiger partial charge in [-0.2, -0.15) is 4.31 Å². The molecule has 8 heteroatoms. The number of amides is 1. The Morgan fingerprint density at radius 3 is 2.52 bits per heavy atom.